The van der Waals surface area contributed by atoms with Gasteiger partial charge in [0.1, 0.15) is 0 Å². The van der Waals surface area contributed by atoms with E-state index in [0.717, 1.165) is 22.5 Å². The number of carbonyl (C=O) groups is 1. The van der Waals surface area contributed by atoms with E-state index in [2.05, 4.69) is 20.6 Å². The molecule has 0 radical (unpaired) electrons. The molecule has 6 heteroatoms. The van der Waals surface area contributed by atoms with E-state index in [1.807, 2.05) is 45.0 Å². The number of halogens is 1. The quantitative estimate of drug-likeness (QED) is 0.678. The van der Waals surface area contributed by atoms with Crippen molar-refractivity contribution in [3.63, 3.8) is 0 Å². The first-order valence-corrected chi connectivity index (χ1v) is 8.54. The molecule has 132 valence electrons. The molecule has 0 saturated carbocycles. The third kappa shape index (κ3) is 4.18. The van der Waals surface area contributed by atoms with Crippen LogP contribution in [-0.4, -0.2) is 15.9 Å². The fourth-order valence-corrected chi connectivity index (χ4v) is 2.86. The molecule has 3 rings (SSSR count). The first-order chi connectivity index (χ1) is 12.4. The molecular formula is C20H19ClN4O. The molecular weight excluding hydrogens is 348 g/mol. The summed E-state index contributed by atoms with van der Waals surface area (Å²) in [7, 11) is 0. The molecule has 3 aromatic rings. The van der Waals surface area contributed by atoms with Crippen molar-refractivity contribution in [3.8, 4) is 0 Å². The number of hydrogen-bond donors (Lipinski definition) is 2. The zero-order chi connectivity index (χ0) is 18.7. The maximum absolute atomic E-state index is 12.5. The fraction of sp³-hybridized carbons (Fsp3) is 0.150. The summed E-state index contributed by atoms with van der Waals surface area (Å²) in [6.45, 7) is 5.99. The first-order valence-electron chi connectivity index (χ1n) is 8.16. The number of amides is 1. The number of nitrogens with zero attached hydrogens (tertiary/aromatic N) is 2. The van der Waals surface area contributed by atoms with Crippen LogP contribution in [0.4, 0.5) is 17.3 Å². The van der Waals surface area contributed by atoms with E-state index in [4.69, 9.17) is 11.6 Å². The molecule has 0 bridgehead atoms. The van der Waals surface area contributed by atoms with Gasteiger partial charge in [0.2, 0.25) is 5.95 Å². The molecule has 0 atom stereocenters. The molecule has 2 N–H and O–H groups in total. The summed E-state index contributed by atoms with van der Waals surface area (Å²) in [5, 5.41) is 6.66. The van der Waals surface area contributed by atoms with Gasteiger partial charge in [-0.3, -0.25) is 4.79 Å². The lowest BCUT2D eigenvalue weighted by molar-refractivity contribution is 0.102. The second-order valence-corrected chi connectivity index (χ2v) is 6.59. The van der Waals surface area contributed by atoms with E-state index in [1.54, 1.807) is 12.1 Å². The summed E-state index contributed by atoms with van der Waals surface area (Å²) in [6, 6.07) is 11.3. The lowest BCUT2D eigenvalue weighted by Crippen LogP contribution is -2.15. The normalized spacial score (nSPS) is 10.5. The van der Waals surface area contributed by atoms with Crippen molar-refractivity contribution in [2.45, 2.75) is 20.8 Å². The van der Waals surface area contributed by atoms with Gasteiger partial charge in [-0.25, -0.2) is 9.97 Å². The van der Waals surface area contributed by atoms with Crippen LogP contribution in [0, 0.1) is 20.8 Å². The highest BCUT2D eigenvalue weighted by molar-refractivity contribution is 6.30. The van der Waals surface area contributed by atoms with Gasteiger partial charge in [0.25, 0.3) is 5.91 Å². The van der Waals surface area contributed by atoms with Crippen molar-refractivity contribution in [1.82, 2.24) is 9.97 Å². The van der Waals surface area contributed by atoms with Crippen LogP contribution in [0.5, 0.6) is 0 Å². The SMILES string of the molecule is Cc1cc(C)c(NC(=O)c2cnc(Nc3ccc(Cl)cc3)nc2)c(C)c1. The topological polar surface area (TPSA) is 66.9 Å². The second-order valence-electron chi connectivity index (χ2n) is 6.16. The molecule has 1 aromatic heterocycles. The zero-order valence-electron chi connectivity index (χ0n) is 14.8. The van der Waals surface area contributed by atoms with Crippen molar-refractivity contribution < 1.29 is 4.79 Å². The smallest absolute Gasteiger partial charge is 0.258 e. The summed E-state index contributed by atoms with van der Waals surface area (Å²) >= 11 is 5.86. The molecule has 0 unspecified atom stereocenters. The van der Waals surface area contributed by atoms with Crippen molar-refractivity contribution in [2.24, 2.45) is 0 Å². The highest BCUT2D eigenvalue weighted by Gasteiger charge is 2.11. The average molecular weight is 367 g/mol. The van der Waals surface area contributed by atoms with Crippen LogP contribution in [0.3, 0.4) is 0 Å². The van der Waals surface area contributed by atoms with Crippen LogP contribution >= 0.6 is 11.6 Å². The van der Waals surface area contributed by atoms with Crippen LogP contribution < -0.4 is 10.6 Å². The Morgan fingerprint density at radius 2 is 1.54 bits per heavy atom. The van der Waals surface area contributed by atoms with Gasteiger partial charge in [-0.2, -0.15) is 0 Å². The Labute approximate surface area is 157 Å². The maximum Gasteiger partial charge on any atom is 0.258 e. The van der Waals surface area contributed by atoms with E-state index in [0.29, 0.717) is 16.5 Å². The Balaban J connectivity index is 1.72. The molecule has 0 aliphatic rings. The molecule has 2 aromatic carbocycles. The van der Waals surface area contributed by atoms with E-state index in [9.17, 15) is 4.79 Å². The zero-order valence-corrected chi connectivity index (χ0v) is 15.6. The molecule has 0 saturated heterocycles. The number of hydrogen-bond acceptors (Lipinski definition) is 4. The number of anilines is 3. The predicted octanol–water partition coefficient (Wildman–Crippen LogP) is 5.05. The van der Waals surface area contributed by atoms with Gasteiger partial charge in [0, 0.05) is 28.8 Å². The third-order valence-corrected chi connectivity index (χ3v) is 4.18. The van der Waals surface area contributed by atoms with Crippen LogP contribution in [0.1, 0.15) is 27.0 Å². The molecule has 26 heavy (non-hydrogen) atoms. The van der Waals surface area contributed by atoms with Crippen LogP contribution in [-0.2, 0) is 0 Å². The maximum atomic E-state index is 12.5. The monoisotopic (exact) mass is 366 g/mol. The number of rotatable bonds is 4. The number of benzene rings is 2. The highest BCUT2D eigenvalue weighted by Crippen LogP contribution is 2.22. The number of nitrogens with one attached hydrogen (secondary N) is 2. The Bertz CT molecular complexity index is 914. The van der Waals surface area contributed by atoms with E-state index >= 15 is 0 Å². The van der Waals surface area contributed by atoms with E-state index in [1.165, 1.54) is 18.0 Å². The van der Waals surface area contributed by atoms with Crippen LogP contribution in [0.25, 0.3) is 0 Å². The fourth-order valence-electron chi connectivity index (χ4n) is 2.74. The Kier molecular flexibility index (Phi) is 5.19. The molecule has 0 spiro atoms. The summed E-state index contributed by atoms with van der Waals surface area (Å²) in [6.07, 6.45) is 3.00. The van der Waals surface area contributed by atoms with Crippen LogP contribution in [0.15, 0.2) is 48.8 Å². The molecule has 5 nitrogen and oxygen atoms in total. The number of aromatic nitrogens is 2. The number of carbonyl (C=O) groups excluding carboxylic acids is 1. The second kappa shape index (κ2) is 7.54. The van der Waals surface area contributed by atoms with Gasteiger partial charge in [-0.05, 0) is 56.2 Å². The van der Waals surface area contributed by atoms with Gasteiger partial charge in [-0.1, -0.05) is 29.3 Å². The van der Waals surface area contributed by atoms with Gasteiger partial charge in [-0.15, -0.1) is 0 Å². The van der Waals surface area contributed by atoms with Crippen LogP contribution in [0.2, 0.25) is 5.02 Å². The summed E-state index contributed by atoms with van der Waals surface area (Å²) < 4.78 is 0. The minimum Gasteiger partial charge on any atom is -0.324 e. The van der Waals surface area contributed by atoms with Crippen molar-refractivity contribution in [2.75, 3.05) is 10.6 Å². The first kappa shape index (κ1) is 17.9. The van der Waals surface area contributed by atoms with Gasteiger partial charge in [0.15, 0.2) is 0 Å². The predicted molar refractivity (Wildman–Crippen MR) is 105 cm³/mol. The Morgan fingerprint density at radius 3 is 2.12 bits per heavy atom. The van der Waals surface area contributed by atoms with Crippen molar-refractivity contribution in [1.29, 1.82) is 0 Å². The summed E-state index contributed by atoms with van der Waals surface area (Å²) in [5.41, 5.74) is 5.25. The van der Waals surface area contributed by atoms with Gasteiger partial charge in [0.05, 0.1) is 5.56 Å². The minimum absolute atomic E-state index is 0.238. The van der Waals surface area contributed by atoms with E-state index in [-0.39, 0.29) is 5.91 Å². The van der Waals surface area contributed by atoms with E-state index < -0.39 is 0 Å². The minimum atomic E-state index is -0.238. The van der Waals surface area contributed by atoms with Gasteiger partial charge >= 0.3 is 0 Å². The lowest BCUT2D eigenvalue weighted by Gasteiger charge is -2.13. The molecule has 1 amide bonds. The Morgan fingerprint density at radius 1 is 0.962 bits per heavy atom. The standard InChI is InChI=1S/C20H19ClN4O/c1-12-8-13(2)18(14(3)9-12)25-19(26)15-10-22-20(23-11-15)24-17-6-4-16(21)5-7-17/h4-11H,1-3H3,(H,25,26)(H,22,23,24). The average Bonchev–Trinajstić information content (AvgIpc) is 2.60. The number of aryl methyl sites for hydroxylation is 3. The molecule has 1 heterocycles. The lowest BCUT2D eigenvalue weighted by atomic mass is 10.0. The molecule has 0 aliphatic heterocycles. The summed E-state index contributed by atoms with van der Waals surface area (Å²) in [5.74, 6) is 0.171. The van der Waals surface area contributed by atoms with Crippen molar-refractivity contribution >= 4 is 34.8 Å². The highest BCUT2D eigenvalue weighted by atomic mass is 35.5. The summed E-state index contributed by atoms with van der Waals surface area (Å²) in [4.78, 5) is 20.9. The molecule has 0 aliphatic carbocycles. The Hall–Kier alpha value is -2.92. The largest absolute Gasteiger partial charge is 0.324 e. The molecule has 0 fully saturated rings. The third-order valence-electron chi connectivity index (χ3n) is 3.93. The van der Waals surface area contributed by atoms with Gasteiger partial charge < -0.3 is 10.6 Å². The van der Waals surface area contributed by atoms with Crippen molar-refractivity contribution in [3.05, 3.63) is 76.1 Å².